The van der Waals surface area contributed by atoms with Gasteiger partial charge in [-0.3, -0.25) is 4.79 Å². The topological polar surface area (TPSA) is 55.6 Å². The molecule has 4 nitrogen and oxygen atoms in total. The van der Waals surface area contributed by atoms with Crippen molar-refractivity contribution in [2.45, 2.75) is 38.8 Å². The molecule has 1 unspecified atom stereocenters. The number of ether oxygens (including phenoxy) is 1. The molecule has 0 aromatic rings. The van der Waals surface area contributed by atoms with Gasteiger partial charge in [0.25, 0.3) is 0 Å². The Morgan fingerprint density at radius 2 is 2.19 bits per heavy atom. The summed E-state index contributed by atoms with van der Waals surface area (Å²) in [5.74, 6) is 0.497. The van der Waals surface area contributed by atoms with Crippen LogP contribution in [0.15, 0.2) is 0 Å². The lowest BCUT2D eigenvalue weighted by Crippen LogP contribution is -2.47. The predicted molar refractivity (Wildman–Crippen MR) is 66.7 cm³/mol. The minimum atomic E-state index is -0.365. The molecule has 0 spiro atoms. The molecular weight excluding hydrogens is 228 g/mol. The maximum Gasteiger partial charge on any atom is 0.239 e. The number of hydrogen-bond donors (Lipinski definition) is 1. The van der Waals surface area contributed by atoms with E-state index in [0.717, 1.165) is 19.4 Å². The quantitative estimate of drug-likeness (QED) is 0.811. The number of nitrogens with zero attached hydrogens (tertiary/aromatic N) is 1. The smallest absolute Gasteiger partial charge is 0.239 e. The zero-order chi connectivity index (χ0) is 11.4. The van der Waals surface area contributed by atoms with Gasteiger partial charge in [-0.15, -0.1) is 12.4 Å². The fraction of sp³-hybridized carbons (Fsp3) is 0.909. The van der Waals surface area contributed by atoms with Gasteiger partial charge in [0.1, 0.15) is 0 Å². The molecule has 0 radical (unpaired) electrons. The van der Waals surface area contributed by atoms with Crippen LogP contribution in [0.4, 0.5) is 0 Å². The van der Waals surface area contributed by atoms with Crippen molar-refractivity contribution in [2.24, 2.45) is 11.7 Å². The first kappa shape index (κ1) is 15.7. The lowest BCUT2D eigenvalue weighted by Gasteiger charge is -2.26. The molecule has 0 aromatic carbocycles. The summed E-state index contributed by atoms with van der Waals surface area (Å²) in [6, 6.07) is -0.147. The molecule has 1 aliphatic heterocycles. The first-order chi connectivity index (χ1) is 7.02. The normalized spacial score (nSPS) is 21.7. The molecule has 2 N–H and O–H groups in total. The Labute approximate surface area is 104 Å². The molecule has 1 amide bonds. The third-order valence-electron chi connectivity index (χ3n) is 2.84. The molecule has 5 heteroatoms. The van der Waals surface area contributed by atoms with E-state index in [1.807, 2.05) is 7.05 Å². The zero-order valence-electron chi connectivity index (χ0n) is 10.3. The number of hydrogen-bond acceptors (Lipinski definition) is 3. The molecule has 0 aliphatic carbocycles. The second kappa shape index (κ2) is 7.09. The molecule has 1 heterocycles. The summed E-state index contributed by atoms with van der Waals surface area (Å²) in [6.07, 6.45) is 1.67. The van der Waals surface area contributed by atoms with Crippen molar-refractivity contribution in [1.29, 1.82) is 0 Å². The van der Waals surface area contributed by atoms with Crippen LogP contribution in [0.5, 0.6) is 0 Å². The first-order valence-electron chi connectivity index (χ1n) is 5.62. The summed E-state index contributed by atoms with van der Waals surface area (Å²) in [5.41, 5.74) is 5.85. The molecule has 1 fully saturated rings. The molecule has 2 atom stereocenters. The van der Waals surface area contributed by atoms with Gasteiger partial charge in [0, 0.05) is 13.7 Å². The van der Waals surface area contributed by atoms with Crippen molar-refractivity contribution in [3.8, 4) is 0 Å². The SMILES string of the molecule is CC(C)C[C@H](N)C(=O)N(C)C1CCOC1.Cl. The molecule has 1 aliphatic rings. The Kier molecular flexibility index (Phi) is 6.95. The average molecular weight is 251 g/mol. The van der Waals surface area contributed by atoms with Crippen LogP contribution in [0.1, 0.15) is 26.7 Å². The summed E-state index contributed by atoms with van der Waals surface area (Å²) in [5, 5.41) is 0. The summed E-state index contributed by atoms with van der Waals surface area (Å²) in [4.78, 5) is 13.7. The summed E-state index contributed by atoms with van der Waals surface area (Å²) in [6.45, 7) is 5.55. The number of amides is 1. The van der Waals surface area contributed by atoms with Gasteiger partial charge in [-0.2, -0.15) is 0 Å². The van der Waals surface area contributed by atoms with Crippen molar-refractivity contribution < 1.29 is 9.53 Å². The van der Waals surface area contributed by atoms with E-state index in [9.17, 15) is 4.79 Å². The van der Waals surface area contributed by atoms with E-state index in [0.29, 0.717) is 12.5 Å². The number of rotatable bonds is 4. The van der Waals surface area contributed by atoms with Gasteiger partial charge in [-0.25, -0.2) is 0 Å². The van der Waals surface area contributed by atoms with Crippen molar-refractivity contribution in [3.63, 3.8) is 0 Å². The van der Waals surface area contributed by atoms with E-state index in [1.165, 1.54) is 0 Å². The third kappa shape index (κ3) is 4.28. The summed E-state index contributed by atoms with van der Waals surface area (Å²) in [7, 11) is 1.82. The molecule has 16 heavy (non-hydrogen) atoms. The molecular formula is C11H23ClN2O2. The highest BCUT2D eigenvalue weighted by Gasteiger charge is 2.27. The van der Waals surface area contributed by atoms with Crippen LogP contribution in [0.2, 0.25) is 0 Å². The van der Waals surface area contributed by atoms with Gasteiger partial charge in [-0.05, 0) is 18.8 Å². The molecule has 0 aromatic heterocycles. The van der Waals surface area contributed by atoms with E-state index < -0.39 is 0 Å². The number of likely N-dealkylation sites (N-methyl/N-ethyl adjacent to an activating group) is 1. The monoisotopic (exact) mass is 250 g/mol. The standard InChI is InChI=1S/C11H22N2O2.ClH/c1-8(2)6-10(12)11(14)13(3)9-4-5-15-7-9;/h8-10H,4-7,12H2,1-3H3;1H/t9?,10-;/m0./s1. The fourth-order valence-corrected chi connectivity index (χ4v) is 1.88. The van der Waals surface area contributed by atoms with Gasteiger partial charge in [0.2, 0.25) is 5.91 Å². The zero-order valence-corrected chi connectivity index (χ0v) is 11.1. The van der Waals surface area contributed by atoms with Gasteiger partial charge in [-0.1, -0.05) is 13.8 Å². The average Bonchev–Trinajstić information content (AvgIpc) is 2.67. The van der Waals surface area contributed by atoms with E-state index in [2.05, 4.69) is 13.8 Å². The Morgan fingerprint density at radius 3 is 2.62 bits per heavy atom. The Balaban J connectivity index is 0.00000225. The van der Waals surface area contributed by atoms with Crippen LogP contribution in [0.25, 0.3) is 0 Å². The van der Waals surface area contributed by atoms with Gasteiger partial charge in [0.05, 0.1) is 18.7 Å². The molecule has 96 valence electrons. The van der Waals surface area contributed by atoms with Gasteiger partial charge >= 0.3 is 0 Å². The minimum absolute atomic E-state index is 0. The maximum absolute atomic E-state index is 11.9. The lowest BCUT2D eigenvalue weighted by atomic mass is 10.0. The number of carbonyl (C=O) groups excluding carboxylic acids is 1. The van der Waals surface area contributed by atoms with Crippen molar-refractivity contribution in [1.82, 2.24) is 4.90 Å². The number of carbonyl (C=O) groups is 1. The highest BCUT2D eigenvalue weighted by Crippen LogP contribution is 2.13. The van der Waals surface area contributed by atoms with E-state index >= 15 is 0 Å². The fourth-order valence-electron chi connectivity index (χ4n) is 1.88. The highest BCUT2D eigenvalue weighted by atomic mass is 35.5. The number of nitrogens with two attached hydrogens (primary N) is 1. The largest absolute Gasteiger partial charge is 0.379 e. The molecule has 0 saturated carbocycles. The van der Waals surface area contributed by atoms with E-state index in [1.54, 1.807) is 4.90 Å². The van der Waals surface area contributed by atoms with Crippen LogP contribution in [-0.2, 0) is 9.53 Å². The molecule has 1 rings (SSSR count). The van der Waals surface area contributed by atoms with Gasteiger partial charge in [0.15, 0.2) is 0 Å². The highest BCUT2D eigenvalue weighted by molar-refractivity contribution is 5.85. The predicted octanol–water partition coefficient (Wildman–Crippen LogP) is 1.03. The Bertz CT molecular complexity index is 218. The van der Waals surface area contributed by atoms with Crippen LogP contribution >= 0.6 is 12.4 Å². The lowest BCUT2D eigenvalue weighted by molar-refractivity contribution is -0.133. The Hall–Kier alpha value is -0.320. The van der Waals surface area contributed by atoms with Crippen molar-refractivity contribution in [2.75, 3.05) is 20.3 Å². The van der Waals surface area contributed by atoms with Crippen LogP contribution in [-0.4, -0.2) is 43.2 Å². The van der Waals surface area contributed by atoms with Crippen LogP contribution < -0.4 is 5.73 Å². The maximum atomic E-state index is 11.9. The Morgan fingerprint density at radius 1 is 1.56 bits per heavy atom. The third-order valence-corrected chi connectivity index (χ3v) is 2.84. The number of halogens is 1. The van der Waals surface area contributed by atoms with Crippen LogP contribution in [0, 0.1) is 5.92 Å². The van der Waals surface area contributed by atoms with Crippen molar-refractivity contribution >= 4 is 18.3 Å². The van der Waals surface area contributed by atoms with E-state index in [4.69, 9.17) is 10.5 Å². The van der Waals surface area contributed by atoms with Crippen molar-refractivity contribution in [3.05, 3.63) is 0 Å². The molecule has 0 bridgehead atoms. The minimum Gasteiger partial charge on any atom is -0.379 e. The summed E-state index contributed by atoms with van der Waals surface area (Å²) < 4.78 is 5.25. The van der Waals surface area contributed by atoms with E-state index in [-0.39, 0.29) is 30.4 Å². The molecule has 1 saturated heterocycles. The second-order valence-electron chi connectivity index (χ2n) is 4.70. The summed E-state index contributed by atoms with van der Waals surface area (Å²) >= 11 is 0. The first-order valence-corrected chi connectivity index (χ1v) is 5.62. The van der Waals surface area contributed by atoms with Crippen LogP contribution in [0.3, 0.4) is 0 Å². The second-order valence-corrected chi connectivity index (χ2v) is 4.70. The van der Waals surface area contributed by atoms with Gasteiger partial charge < -0.3 is 15.4 Å².